The molecule has 0 N–H and O–H groups in total. The van der Waals surface area contributed by atoms with Gasteiger partial charge in [-0.2, -0.15) is 26.3 Å². The Hall–Kier alpha value is -1.52. The van der Waals surface area contributed by atoms with Crippen molar-refractivity contribution in [3.63, 3.8) is 0 Å². The van der Waals surface area contributed by atoms with Crippen LogP contribution in [-0.4, -0.2) is 42.1 Å². The fraction of sp³-hybridized carbons (Fsp3) is 0.833. The Kier molecular flexibility index (Phi) is 4.29. The summed E-state index contributed by atoms with van der Waals surface area (Å²) < 4.78 is 86.6. The van der Waals surface area contributed by atoms with Gasteiger partial charge >= 0.3 is 23.9 Å². The van der Waals surface area contributed by atoms with Crippen LogP contribution < -0.4 is 5.11 Å². The van der Waals surface area contributed by atoms with Crippen molar-refractivity contribution in [3.05, 3.63) is 0 Å². The first-order chi connectivity index (χ1) is 10.4. The predicted molar refractivity (Wildman–Crippen MR) is 56.6 cm³/mol. The maximum absolute atomic E-state index is 12.9. The van der Waals surface area contributed by atoms with Gasteiger partial charge in [-0.05, 0) is 19.3 Å². The summed E-state index contributed by atoms with van der Waals surface area (Å²) in [5, 5.41) is 10.4. The number of halogens is 6. The van der Waals surface area contributed by atoms with Crippen LogP contribution in [0, 0.1) is 5.92 Å². The van der Waals surface area contributed by atoms with Gasteiger partial charge in [0.15, 0.2) is 0 Å². The van der Waals surface area contributed by atoms with E-state index in [1.807, 2.05) is 0 Å². The Morgan fingerprint density at radius 2 is 1.65 bits per heavy atom. The van der Waals surface area contributed by atoms with Crippen molar-refractivity contribution in [1.82, 2.24) is 0 Å². The highest BCUT2D eigenvalue weighted by atomic mass is 19.4. The molecule has 0 saturated carbocycles. The Balaban J connectivity index is 2.30. The van der Waals surface area contributed by atoms with E-state index in [4.69, 9.17) is 4.74 Å². The van der Waals surface area contributed by atoms with E-state index >= 15 is 0 Å². The zero-order valence-corrected chi connectivity index (χ0v) is 11.4. The first-order valence-corrected chi connectivity index (χ1v) is 6.59. The number of esters is 1. The minimum absolute atomic E-state index is 0.0549. The lowest BCUT2D eigenvalue weighted by atomic mass is 9.88. The van der Waals surface area contributed by atoms with Crippen LogP contribution in [0.25, 0.3) is 0 Å². The molecular formula is C12H11F6O5-. The van der Waals surface area contributed by atoms with Gasteiger partial charge in [0.2, 0.25) is 0 Å². The molecule has 2 aliphatic heterocycles. The molecule has 2 rings (SSSR count). The highest BCUT2D eigenvalue weighted by Crippen LogP contribution is 2.49. The van der Waals surface area contributed by atoms with Crippen LogP contribution in [0.15, 0.2) is 0 Å². The number of aliphatic carboxylic acids is 1. The van der Waals surface area contributed by atoms with E-state index in [2.05, 4.69) is 4.74 Å². The molecule has 11 heteroatoms. The number of carboxylic acid groups (broad SMARTS) is 1. The van der Waals surface area contributed by atoms with Crippen molar-refractivity contribution in [2.45, 2.75) is 55.8 Å². The monoisotopic (exact) mass is 349 g/mol. The first-order valence-electron chi connectivity index (χ1n) is 6.59. The molecule has 0 amide bonds. The lowest BCUT2D eigenvalue weighted by Crippen LogP contribution is -2.62. The number of carbonyl (C=O) groups excluding carboxylic acids is 2. The van der Waals surface area contributed by atoms with E-state index in [-0.39, 0.29) is 6.42 Å². The van der Waals surface area contributed by atoms with Crippen LogP contribution >= 0.6 is 0 Å². The van der Waals surface area contributed by atoms with Gasteiger partial charge < -0.3 is 19.4 Å². The Bertz CT molecular complexity index is 485. The minimum Gasteiger partial charge on any atom is -0.550 e. The average Bonchev–Trinajstić information content (AvgIpc) is 2.96. The van der Waals surface area contributed by atoms with Crippen molar-refractivity contribution < 1.29 is 50.5 Å². The lowest BCUT2D eigenvalue weighted by molar-refractivity contribution is -0.381. The molecule has 0 aromatic rings. The van der Waals surface area contributed by atoms with Crippen LogP contribution in [-0.2, 0) is 19.1 Å². The Morgan fingerprint density at radius 1 is 1.09 bits per heavy atom. The molecule has 0 aromatic carbocycles. The first kappa shape index (κ1) is 17.8. The molecule has 23 heavy (non-hydrogen) atoms. The third kappa shape index (κ3) is 3.10. The quantitative estimate of drug-likeness (QED) is 0.561. The standard InChI is InChI=1S/C12H12F6O5/c13-11(14,15)10(4-8(19)20,12(16,17)18)23-9(21)6-3-5-1-2-7(6)22-5/h5-7H,1-4H2,(H,19,20)/p-1. The molecule has 2 bridgehead atoms. The van der Waals surface area contributed by atoms with Crippen molar-refractivity contribution in [3.8, 4) is 0 Å². The predicted octanol–water partition coefficient (Wildman–Crippen LogP) is 1.10. The number of hydrogen-bond donors (Lipinski definition) is 0. The van der Waals surface area contributed by atoms with Gasteiger partial charge in [-0.15, -0.1) is 0 Å². The molecular weight excluding hydrogens is 338 g/mol. The molecule has 2 fully saturated rings. The number of carbonyl (C=O) groups is 2. The van der Waals surface area contributed by atoms with E-state index in [0.29, 0.717) is 12.8 Å². The summed E-state index contributed by atoms with van der Waals surface area (Å²) in [7, 11) is 0. The largest absolute Gasteiger partial charge is 0.550 e. The summed E-state index contributed by atoms with van der Waals surface area (Å²) in [6, 6.07) is 0. The minimum atomic E-state index is -6.17. The molecule has 2 saturated heterocycles. The molecule has 2 aliphatic rings. The topological polar surface area (TPSA) is 75.7 Å². The molecule has 2 heterocycles. The average molecular weight is 349 g/mol. The number of fused-ring (bicyclic) bond motifs is 2. The fourth-order valence-electron chi connectivity index (χ4n) is 2.85. The van der Waals surface area contributed by atoms with Gasteiger partial charge in [0, 0.05) is 12.4 Å². The zero-order valence-electron chi connectivity index (χ0n) is 11.4. The van der Waals surface area contributed by atoms with Gasteiger partial charge in [-0.25, -0.2) is 0 Å². The molecule has 5 nitrogen and oxygen atoms in total. The third-order valence-corrected chi connectivity index (χ3v) is 3.99. The van der Waals surface area contributed by atoms with E-state index < -0.39 is 54.4 Å². The summed E-state index contributed by atoms with van der Waals surface area (Å²) in [4.78, 5) is 22.2. The third-order valence-electron chi connectivity index (χ3n) is 3.99. The number of rotatable bonds is 4. The number of carboxylic acids is 1. The van der Waals surface area contributed by atoms with Gasteiger partial charge in [-0.1, -0.05) is 0 Å². The van der Waals surface area contributed by atoms with E-state index in [0.717, 1.165) is 0 Å². The van der Waals surface area contributed by atoms with Gasteiger partial charge in [0.1, 0.15) is 0 Å². The summed E-state index contributed by atoms with van der Waals surface area (Å²) in [5.74, 6) is -5.69. The van der Waals surface area contributed by atoms with Crippen LogP contribution in [0.5, 0.6) is 0 Å². The number of ether oxygens (including phenoxy) is 2. The van der Waals surface area contributed by atoms with Gasteiger partial charge in [0.05, 0.1) is 18.1 Å². The van der Waals surface area contributed by atoms with Crippen molar-refractivity contribution in [1.29, 1.82) is 0 Å². The van der Waals surface area contributed by atoms with E-state index in [9.17, 15) is 41.0 Å². The molecule has 0 aromatic heterocycles. The Morgan fingerprint density at radius 3 is 2.00 bits per heavy atom. The SMILES string of the molecule is O=C([O-])CC(OC(=O)C1CC2CCC1O2)(C(F)(F)F)C(F)(F)F. The van der Waals surface area contributed by atoms with Crippen molar-refractivity contribution in [2.75, 3.05) is 0 Å². The van der Waals surface area contributed by atoms with E-state index in [1.54, 1.807) is 0 Å². The van der Waals surface area contributed by atoms with Gasteiger partial charge in [-0.3, -0.25) is 4.79 Å². The van der Waals surface area contributed by atoms with Crippen LogP contribution in [0.1, 0.15) is 25.7 Å². The van der Waals surface area contributed by atoms with Crippen molar-refractivity contribution >= 4 is 11.9 Å². The zero-order chi connectivity index (χ0) is 17.6. The summed E-state index contributed by atoms with van der Waals surface area (Å²) in [6.07, 6.45) is -15.3. The fourth-order valence-corrected chi connectivity index (χ4v) is 2.85. The Labute approximate surface area is 125 Å². The molecule has 132 valence electrons. The second-order valence-corrected chi connectivity index (χ2v) is 5.51. The van der Waals surface area contributed by atoms with Crippen molar-refractivity contribution in [2.24, 2.45) is 5.92 Å². The van der Waals surface area contributed by atoms with E-state index in [1.165, 1.54) is 0 Å². The second-order valence-electron chi connectivity index (χ2n) is 5.51. The van der Waals surface area contributed by atoms with Crippen LogP contribution in [0.2, 0.25) is 0 Å². The molecule has 0 spiro atoms. The summed E-state index contributed by atoms with van der Waals surface area (Å²) >= 11 is 0. The smallest absolute Gasteiger partial charge is 0.437 e. The normalized spacial score (nSPS) is 28.0. The lowest BCUT2D eigenvalue weighted by Gasteiger charge is -2.37. The van der Waals surface area contributed by atoms with Gasteiger partial charge in [0.25, 0.3) is 0 Å². The highest BCUT2D eigenvalue weighted by Gasteiger charge is 2.74. The summed E-state index contributed by atoms with van der Waals surface area (Å²) in [5.41, 5.74) is -5.14. The molecule has 3 atom stereocenters. The highest BCUT2D eigenvalue weighted by molar-refractivity contribution is 5.75. The molecule has 0 aliphatic carbocycles. The number of alkyl halides is 6. The van der Waals surface area contributed by atoms with Crippen LogP contribution in [0.4, 0.5) is 26.3 Å². The van der Waals surface area contributed by atoms with Crippen LogP contribution in [0.3, 0.4) is 0 Å². The molecule has 0 radical (unpaired) electrons. The number of hydrogen-bond acceptors (Lipinski definition) is 5. The maximum atomic E-state index is 12.9. The maximum Gasteiger partial charge on any atom is 0.437 e. The summed E-state index contributed by atoms with van der Waals surface area (Å²) in [6.45, 7) is 0. The molecule has 3 unspecified atom stereocenters. The second kappa shape index (κ2) is 5.53.